The van der Waals surface area contributed by atoms with Gasteiger partial charge in [0, 0.05) is 23.7 Å². The van der Waals surface area contributed by atoms with Gasteiger partial charge in [-0.25, -0.2) is 0 Å². The van der Waals surface area contributed by atoms with Gasteiger partial charge in [0.1, 0.15) is 0 Å². The number of aromatic nitrogens is 3. The van der Waals surface area contributed by atoms with Gasteiger partial charge in [0.25, 0.3) is 0 Å². The van der Waals surface area contributed by atoms with Crippen LogP contribution in [0.3, 0.4) is 0 Å². The van der Waals surface area contributed by atoms with Crippen molar-refractivity contribution in [2.24, 2.45) is 0 Å². The average molecular weight is 351 g/mol. The average Bonchev–Trinajstić information content (AvgIpc) is 2.91. The largest absolute Gasteiger partial charge is 0.355 e. The molecule has 2 rings (SSSR count). The highest BCUT2D eigenvalue weighted by molar-refractivity contribution is 8.00. The van der Waals surface area contributed by atoms with Gasteiger partial charge >= 0.3 is 0 Å². The molecular formula is C16H19ClN4OS. The topological polar surface area (TPSA) is 59.8 Å². The van der Waals surface area contributed by atoms with Gasteiger partial charge in [-0.05, 0) is 38.1 Å². The molecule has 0 aliphatic carbocycles. The summed E-state index contributed by atoms with van der Waals surface area (Å²) in [6.07, 6.45) is 1.78. The lowest BCUT2D eigenvalue weighted by molar-refractivity contribution is -0.120. The maximum Gasteiger partial charge on any atom is 0.233 e. The van der Waals surface area contributed by atoms with Crippen molar-refractivity contribution in [3.8, 4) is 11.4 Å². The number of nitrogens with zero attached hydrogens (tertiary/aromatic N) is 3. The molecule has 0 aliphatic heterocycles. The molecule has 2 aromatic rings. The van der Waals surface area contributed by atoms with Crippen LogP contribution in [-0.2, 0) is 11.3 Å². The number of nitrogens with one attached hydrogen (secondary N) is 1. The predicted octanol–water partition coefficient (Wildman–Crippen LogP) is 3.40. The number of hydrogen-bond acceptors (Lipinski definition) is 4. The number of benzene rings is 1. The zero-order chi connectivity index (χ0) is 16.8. The van der Waals surface area contributed by atoms with E-state index in [-0.39, 0.29) is 11.2 Å². The number of carbonyl (C=O) groups is 1. The highest BCUT2D eigenvalue weighted by Crippen LogP contribution is 2.27. The predicted molar refractivity (Wildman–Crippen MR) is 94.7 cm³/mol. The third-order valence-corrected chi connectivity index (χ3v) is 4.47. The molecule has 0 bridgehead atoms. The van der Waals surface area contributed by atoms with Crippen LogP contribution in [0, 0.1) is 0 Å². The molecule has 5 nitrogen and oxygen atoms in total. The van der Waals surface area contributed by atoms with E-state index in [0.717, 1.165) is 11.4 Å². The molecule has 0 spiro atoms. The van der Waals surface area contributed by atoms with E-state index in [1.807, 2.05) is 42.7 Å². The first kappa shape index (κ1) is 17.6. The molecule has 0 unspecified atom stereocenters. The minimum absolute atomic E-state index is 0.0151. The summed E-state index contributed by atoms with van der Waals surface area (Å²) in [5.41, 5.74) is 0.918. The number of hydrogen-bond donors (Lipinski definition) is 1. The number of thioether (sulfide) groups is 1. The van der Waals surface area contributed by atoms with Gasteiger partial charge in [-0.3, -0.25) is 9.36 Å². The third-order valence-electron chi connectivity index (χ3n) is 3.13. The Morgan fingerprint density at radius 3 is 2.74 bits per heavy atom. The minimum Gasteiger partial charge on any atom is -0.355 e. The zero-order valence-electron chi connectivity index (χ0n) is 13.1. The lowest BCUT2D eigenvalue weighted by Gasteiger charge is -2.12. The quantitative estimate of drug-likeness (QED) is 0.614. The minimum atomic E-state index is -0.249. The SMILES string of the molecule is C=CCn1c(S[C@@H](C)C(=O)NCC)nnc1-c1ccc(Cl)cc1. The molecule has 0 saturated heterocycles. The van der Waals surface area contributed by atoms with Crippen molar-refractivity contribution < 1.29 is 4.79 Å². The van der Waals surface area contributed by atoms with Gasteiger partial charge in [-0.15, -0.1) is 16.8 Å². The maximum atomic E-state index is 11.9. The van der Waals surface area contributed by atoms with Crippen LogP contribution in [0.5, 0.6) is 0 Å². The highest BCUT2D eigenvalue weighted by atomic mass is 35.5. The fourth-order valence-corrected chi connectivity index (χ4v) is 3.02. The van der Waals surface area contributed by atoms with Crippen molar-refractivity contribution in [1.29, 1.82) is 0 Å². The molecule has 122 valence electrons. The smallest absolute Gasteiger partial charge is 0.233 e. The molecule has 0 radical (unpaired) electrons. The van der Waals surface area contributed by atoms with E-state index in [9.17, 15) is 4.79 Å². The van der Waals surface area contributed by atoms with Crippen molar-refractivity contribution in [2.75, 3.05) is 6.54 Å². The Labute approximate surface area is 145 Å². The van der Waals surface area contributed by atoms with E-state index in [0.29, 0.717) is 23.3 Å². The van der Waals surface area contributed by atoms with E-state index in [1.165, 1.54) is 11.8 Å². The number of halogens is 1. The summed E-state index contributed by atoms with van der Waals surface area (Å²) in [5, 5.41) is 12.4. The van der Waals surface area contributed by atoms with Crippen molar-refractivity contribution in [3.05, 3.63) is 41.9 Å². The Kier molecular flexibility index (Phi) is 6.24. The Morgan fingerprint density at radius 1 is 1.43 bits per heavy atom. The standard InChI is InChI=1S/C16H19ClN4OS/c1-4-10-21-14(12-6-8-13(17)9-7-12)19-20-16(21)23-11(3)15(22)18-5-2/h4,6-9,11H,1,5,10H2,2-3H3,(H,18,22)/t11-/m0/s1. The van der Waals surface area contributed by atoms with Crippen LogP contribution in [0.15, 0.2) is 42.1 Å². The lowest BCUT2D eigenvalue weighted by Crippen LogP contribution is -2.30. The molecule has 1 aromatic carbocycles. The molecule has 0 saturated carbocycles. The van der Waals surface area contributed by atoms with Crippen LogP contribution in [-0.4, -0.2) is 32.5 Å². The van der Waals surface area contributed by atoms with E-state index < -0.39 is 0 Å². The van der Waals surface area contributed by atoms with E-state index in [2.05, 4.69) is 22.1 Å². The first-order valence-electron chi connectivity index (χ1n) is 7.31. The molecular weight excluding hydrogens is 332 g/mol. The Bertz CT molecular complexity index is 684. The molecule has 1 N–H and O–H groups in total. The second-order valence-electron chi connectivity index (χ2n) is 4.87. The van der Waals surface area contributed by atoms with E-state index >= 15 is 0 Å². The summed E-state index contributed by atoms with van der Waals surface area (Å²) in [4.78, 5) is 11.9. The van der Waals surface area contributed by atoms with Gasteiger partial charge in [-0.2, -0.15) is 0 Å². The third kappa shape index (κ3) is 4.36. The van der Waals surface area contributed by atoms with Gasteiger partial charge in [-0.1, -0.05) is 29.4 Å². The fourth-order valence-electron chi connectivity index (χ4n) is 2.01. The normalized spacial score (nSPS) is 12.0. The number of allylic oxidation sites excluding steroid dienone is 1. The molecule has 7 heteroatoms. The summed E-state index contributed by atoms with van der Waals surface area (Å²) in [6.45, 7) is 8.71. The van der Waals surface area contributed by atoms with E-state index in [1.54, 1.807) is 6.08 Å². The van der Waals surface area contributed by atoms with Crippen LogP contribution in [0.2, 0.25) is 5.02 Å². The molecule has 0 fully saturated rings. The first-order chi connectivity index (χ1) is 11.1. The van der Waals surface area contributed by atoms with E-state index in [4.69, 9.17) is 11.6 Å². The number of carbonyl (C=O) groups excluding carboxylic acids is 1. The second-order valence-corrected chi connectivity index (χ2v) is 6.61. The van der Waals surface area contributed by atoms with Crippen molar-refractivity contribution in [3.63, 3.8) is 0 Å². The number of rotatable bonds is 7. The van der Waals surface area contributed by atoms with Gasteiger partial charge in [0.15, 0.2) is 11.0 Å². The van der Waals surface area contributed by atoms with Crippen molar-refractivity contribution in [2.45, 2.75) is 30.8 Å². The Balaban J connectivity index is 2.29. The lowest BCUT2D eigenvalue weighted by atomic mass is 10.2. The first-order valence-corrected chi connectivity index (χ1v) is 8.57. The summed E-state index contributed by atoms with van der Waals surface area (Å²) in [6, 6.07) is 7.42. The molecule has 1 atom stereocenters. The summed E-state index contributed by atoms with van der Waals surface area (Å²) < 4.78 is 1.94. The van der Waals surface area contributed by atoms with Crippen LogP contribution in [0.25, 0.3) is 11.4 Å². The summed E-state index contributed by atoms with van der Waals surface area (Å²) >= 11 is 7.31. The van der Waals surface area contributed by atoms with Gasteiger partial charge < -0.3 is 5.32 Å². The summed E-state index contributed by atoms with van der Waals surface area (Å²) in [5.74, 6) is 0.714. The number of amides is 1. The highest BCUT2D eigenvalue weighted by Gasteiger charge is 2.19. The van der Waals surface area contributed by atoms with Crippen molar-refractivity contribution >= 4 is 29.3 Å². The second kappa shape index (κ2) is 8.17. The van der Waals surface area contributed by atoms with Crippen molar-refractivity contribution in [1.82, 2.24) is 20.1 Å². The molecule has 23 heavy (non-hydrogen) atoms. The molecule has 1 heterocycles. The monoisotopic (exact) mass is 350 g/mol. The van der Waals surface area contributed by atoms with Crippen LogP contribution in [0.1, 0.15) is 13.8 Å². The maximum absolute atomic E-state index is 11.9. The van der Waals surface area contributed by atoms with Crippen LogP contribution in [0.4, 0.5) is 0 Å². The molecule has 1 amide bonds. The fraction of sp³-hybridized carbons (Fsp3) is 0.312. The van der Waals surface area contributed by atoms with Gasteiger partial charge in [0.2, 0.25) is 5.91 Å². The Morgan fingerprint density at radius 2 is 2.13 bits per heavy atom. The molecule has 1 aromatic heterocycles. The summed E-state index contributed by atoms with van der Waals surface area (Å²) in [7, 11) is 0. The zero-order valence-corrected chi connectivity index (χ0v) is 14.7. The Hall–Kier alpha value is -1.79. The molecule has 0 aliphatic rings. The van der Waals surface area contributed by atoms with Crippen LogP contribution >= 0.6 is 23.4 Å². The van der Waals surface area contributed by atoms with Crippen LogP contribution < -0.4 is 5.32 Å². The van der Waals surface area contributed by atoms with Gasteiger partial charge in [0.05, 0.1) is 5.25 Å².